The molecule has 2 N–H and O–H groups in total. The number of piperidine rings is 2. The first kappa shape index (κ1) is 13.9. The molecular formula is C13H29N3. The summed E-state index contributed by atoms with van der Waals surface area (Å²) in [5.41, 5.74) is 5.91. The van der Waals surface area contributed by atoms with Gasteiger partial charge < -0.3 is 15.5 Å². The van der Waals surface area contributed by atoms with Gasteiger partial charge in [-0.2, -0.15) is 0 Å². The van der Waals surface area contributed by atoms with E-state index in [1.807, 2.05) is 13.8 Å². The second-order valence-electron chi connectivity index (χ2n) is 4.91. The third kappa shape index (κ3) is 4.04. The molecule has 0 spiro atoms. The first-order valence-electron chi connectivity index (χ1n) is 6.94. The summed E-state index contributed by atoms with van der Waals surface area (Å²) in [5, 5.41) is 0. The van der Waals surface area contributed by atoms with E-state index < -0.39 is 0 Å². The first-order chi connectivity index (χ1) is 7.75. The molecule has 0 amide bonds. The summed E-state index contributed by atoms with van der Waals surface area (Å²) in [6.45, 7) is 9.01. The minimum absolute atomic E-state index is 0.470. The van der Waals surface area contributed by atoms with Crippen molar-refractivity contribution in [2.45, 2.75) is 51.6 Å². The van der Waals surface area contributed by atoms with Gasteiger partial charge in [0, 0.05) is 12.1 Å². The van der Waals surface area contributed by atoms with Gasteiger partial charge in [0.2, 0.25) is 0 Å². The Kier molecular flexibility index (Phi) is 6.32. The average Bonchev–Trinajstić information content (AvgIpc) is 2.34. The van der Waals surface area contributed by atoms with Gasteiger partial charge in [0.05, 0.1) is 0 Å². The van der Waals surface area contributed by atoms with Crippen molar-refractivity contribution in [2.75, 3.05) is 33.2 Å². The van der Waals surface area contributed by atoms with Crippen LogP contribution in [0.4, 0.5) is 0 Å². The van der Waals surface area contributed by atoms with Gasteiger partial charge in [-0.1, -0.05) is 13.8 Å². The maximum absolute atomic E-state index is 5.91. The molecule has 0 aromatic rings. The van der Waals surface area contributed by atoms with Crippen LogP contribution in [-0.2, 0) is 0 Å². The summed E-state index contributed by atoms with van der Waals surface area (Å²) < 4.78 is 0. The Hall–Kier alpha value is -0.120. The highest BCUT2D eigenvalue weighted by Gasteiger charge is 2.25. The molecule has 96 valence electrons. The van der Waals surface area contributed by atoms with Gasteiger partial charge in [0.1, 0.15) is 0 Å². The molecule has 0 atom stereocenters. The largest absolute Gasteiger partial charge is 0.328 e. The van der Waals surface area contributed by atoms with E-state index in [1.165, 1.54) is 51.9 Å². The standard InChI is InChI=1S/C11H23N3.C2H6/c1-13-6-4-11(5-7-13)14-8-2-10(12)3-9-14;1-2/h10-11H,2-9,12H2,1H3;1-2H3. The maximum atomic E-state index is 5.91. The molecule has 2 saturated heterocycles. The topological polar surface area (TPSA) is 32.5 Å². The molecule has 0 aliphatic carbocycles. The van der Waals surface area contributed by atoms with Crippen molar-refractivity contribution in [1.82, 2.24) is 9.80 Å². The highest BCUT2D eigenvalue weighted by Crippen LogP contribution is 2.19. The lowest BCUT2D eigenvalue weighted by molar-refractivity contribution is 0.0973. The van der Waals surface area contributed by atoms with E-state index in [-0.39, 0.29) is 0 Å². The molecule has 2 rings (SSSR count). The Balaban J connectivity index is 0.000000606. The van der Waals surface area contributed by atoms with E-state index in [1.54, 1.807) is 0 Å². The third-order valence-electron chi connectivity index (χ3n) is 3.78. The summed E-state index contributed by atoms with van der Waals surface area (Å²) >= 11 is 0. The normalized spacial score (nSPS) is 26.2. The Bertz CT molecular complexity index is 148. The quantitative estimate of drug-likeness (QED) is 0.737. The van der Waals surface area contributed by atoms with Crippen LogP contribution in [-0.4, -0.2) is 55.1 Å². The van der Waals surface area contributed by atoms with Crippen LogP contribution in [0.1, 0.15) is 39.5 Å². The monoisotopic (exact) mass is 227 g/mol. The number of nitrogens with two attached hydrogens (primary N) is 1. The number of likely N-dealkylation sites (tertiary alicyclic amines) is 2. The molecule has 0 bridgehead atoms. The Morgan fingerprint density at radius 3 is 1.88 bits per heavy atom. The molecule has 0 aromatic carbocycles. The molecular weight excluding hydrogens is 198 g/mol. The van der Waals surface area contributed by atoms with Crippen molar-refractivity contribution in [3.05, 3.63) is 0 Å². The van der Waals surface area contributed by atoms with Crippen LogP contribution in [0.5, 0.6) is 0 Å². The zero-order valence-corrected chi connectivity index (χ0v) is 11.3. The van der Waals surface area contributed by atoms with Crippen LogP contribution in [0.25, 0.3) is 0 Å². The van der Waals surface area contributed by atoms with E-state index in [0.29, 0.717) is 6.04 Å². The summed E-state index contributed by atoms with van der Waals surface area (Å²) in [7, 11) is 2.22. The van der Waals surface area contributed by atoms with Crippen LogP contribution in [0, 0.1) is 0 Å². The smallest absolute Gasteiger partial charge is 0.0120 e. The average molecular weight is 227 g/mol. The molecule has 0 unspecified atom stereocenters. The molecule has 2 aliphatic rings. The number of rotatable bonds is 1. The van der Waals surface area contributed by atoms with Gasteiger partial charge in [-0.25, -0.2) is 0 Å². The van der Waals surface area contributed by atoms with Crippen molar-refractivity contribution in [3.8, 4) is 0 Å². The van der Waals surface area contributed by atoms with Crippen LogP contribution < -0.4 is 5.73 Å². The van der Waals surface area contributed by atoms with Crippen molar-refractivity contribution >= 4 is 0 Å². The third-order valence-corrected chi connectivity index (χ3v) is 3.78. The minimum Gasteiger partial charge on any atom is -0.328 e. The van der Waals surface area contributed by atoms with E-state index in [2.05, 4.69) is 16.8 Å². The van der Waals surface area contributed by atoms with Gasteiger partial charge >= 0.3 is 0 Å². The second kappa shape index (κ2) is 7.25. The number of hydrogen-bond acceptors (Lipinski definition) is 3. The predicted octanol–water partition coefficient (Wildman–Crippen LogP) is 1.53. The molecule has 0 radical (unpaired) electrons. The second-order valence-corrected chi connectivity index (χ2v) is 4.91. The molecule has 0 aromatic heterocycles. The summed E-state index contributed by atoms with van der Waals surface area (Å²) in [4.78, 5) is 5.10. The van der Waals surface area contributed by atoms with Gasteiger partial charge in [-0.15, -0.1) is 0 Å². The van der Waals surface area contributed by atoms with Crippen molar-refractivity contribution < 1.29 is 0 Å². The first-order valence-corrected chi connectivity index (χ1v) is 6.94. The van der Waals surface area contributed by atoms with Gasteiger partial charge in [0.15, 0.2) is 0 Å². The summed E-state index contributed by atoms with van der Waals surface area (Å²) in [6.07, 6.45) is 5.11. The Labute approximate surface area is 101 Å². The van der Waals surface area contributed by atoms with Crippen LogP contribution in [0.3, 0.4) is 0 Å². The number of nitrogens with zero attached hydrogens (tertiary/aromatic N) is 2. The van der Waals surface area contributed by atoms with Crippen molar-refractivity contribution in [1.29, 1.82) is 0 Å². The molecule has 16 heavy (non-hydrogen) atoms. The molecule has 3 heteroatoms. The van der Waals surface area contributed by atoms with Crippen molar-refractivity contribution in [3.63, 3.8) is 0 Å². The zero-order chi connectivity index (χ0) is 12.0. The van der Waals surface area contributed by atoms with E-state index in [4.69, 9.17) is 5.73 Å². The van der Waals surface area contributed by atoms with Gasteiger partial charge in [-0.05, 0) is 58.9 Å². The van der Waals surface area contributed by atoms with E-state index in [9.17, 15) is 0 Å². The lowest BCUT2D eigenvalue weighted by atomic mass is 9.98. The van der Waals surface area contributed by atoms with Crippen LogP contribution in [0.15, 0.2) is 0 Å². The Morgan fingerprint density at radius 2 is 1.38 bits per heavy atom. The van der Waals surface area contributed by atoms with Crippen LogP contribution in [0.2, 0.25) is 0 Å². The fourth-order valence-electron chi connectivity index (χ4n) is 2.64. The minimum atomic E-state index is 0.470. The molecule has 2 aliphatic heterocycles. The van der Waals surface area contributed by atoms with Gasteiger partial charge in [0.25, 0.3) is 0 Å². The zero-order valence-electron chi connectivity index (χ0n) is 11.3. The lowest BCUT2D eigenvalue weighted by Crippen LogP contribution is -2.48. The SMILES string of the molecule is CC.CN1CCC(N2CCC(N)CC2)CC1. The fourth-order valence-corrected chi connectivity index (χ4v) is 2.64. The summed E-state index contributed by atoms with van der Waals surface area (Å²) in [5.74, 6) is 0. The highest BCUT2D eigenvalue weighted by molar-refractivity contribution is 4.83. The Morgan fingerprint density at radius 1 is 0.875 bits per heavy atom. The number of hydrogen-bond donors (Lipinski definition) is 1. The van der Waals surface area contributed by atoms with Crippen LogP contribution >= 0.6 is 0 Å². The molecule has 3 nitrogen and oxygen atoms in total. The fraction of sp³-hybridized carbons (Fsp3) is 1.00. The maximum Gasteiger partial charge on any atom is 0.0120 e. The predicted molar refractivity (Wildman–Crippen MR) is 70.6 cm³/mol. The molecule has 2 fully saturated rings. The lowest BCUT2D eigenvalue weighted by Gasteiger charge is -2.40. The molecule has 2 heterocycles. The van der Waals surface area contributed by atoms with E-state index in [0.717, 1.165) is 6.04 Å². The molecule has 0 saturated carbocycles. The highest BCUT2D eigenvalue weighted by atomic mass is 15.2. The van der Waals surface area contributed by atoms with E-state index >= 15 is 0 Å². The van der Waals surface area contributed by atoms with Crippen molar-refractivity contribution in [2.24, 2.45) is 5.73 Å². The van der Waals surface area contributed by atoms with Gasteiger partial charge in [-0.3, -0.25) is 0 Å². The summed E-state index contributed by atoms with van der Waals surface area (Å²) in [6, 6.07) is 1.32.